The summed E-state index contributed by atoms with van der Waals surface area (Å²) < 4.78 is 2.63. The van der Waals surface area contributed by atoms with E-state index in [9.17, 15) is 0 Å². The average Bonchev–Trinajstić information content (AvgIpc) is 3.99. The number of para-hydroxylation sites is 1. The summed E-state index contributed by atoms with van der Waals surface area (Å²) in [7, 11) is 0. The Bertz CT molecular complexity index is 3930. The Balaban J connectivity index is 1.04. The highest BCUT2D eigenvalue weighted by Gasteiger charge is 2.58. The Kier molecular flexibility index (Phi) is 9.27. The van der Waals surface area contributed by atoms with Crippen LogP contribution in [0.25, 0.3) is 53.6 Å². The summed E-state index contributed by atoms with van der Waals surface area (Å²) in [6, 6.07) is 102. The molecule has 0 bridgehead atoms. The molecule has 0 saturated heterocycles. The molecule has 328 valence electrons. The molecule has 14 rings (SSSR count). The number of nitrogens with zero attached hydrogens (tertiary/aromatic N) is 1. The SMILES string of the molecule is c1ccc(-c2ccc(N(c3ccc(-c4cccc5c4sc4ccccc45)cc3)c3ccccc3C3(c4ccccc4)c4ccccc4C4(c5ccccc5)c5ccccc5-c5cccc3c54)cc2)cc1. The quantitative estimate of drug-likeness (QED) is 0.147. The van der Waals surface area contributed by atoms with E-state index in [4.69, 9.17) is 0 Å². The lowest BCUT2D eigenvalue weighted by Gasteiger charge is -2.50. The second-order valence-electron chi connectivity index (χ2n) is 18.6. The molecule has 0 saturated carbocycles. The van der Waals surface area contributed by atoms with Crippen LogP contribution < -0.4 is 4.90 Å². The van der Waals surface area contributed by atoms with Crippen LogP contribution in [0.5, 0.6) is 0 Å². The van der Waals surface area contributed by atoms with Crippen LogP contribution in [0, 0.1) is 0 Å². The van der Waals surface area contributed by atoms with Crippen molar-refractivity contribution in [2.75, 3.05) is 4.90 Å². The van der Waals surface area contributed by atoms with Crippen molar-refractivity contribution in [2.45, 2.75) is 10.8 Å². The predicted octanol–water partition coefficient (Wildman–Crippen LogP) is 17.9. The Hall–Kier alpha value is -8.56. The van der Waals surface area contributed by atoms with Crippen LogP contribution >= 0.6 is 11.3 Å². The molecule has 2 heteroatoms. The first-order valence-corrected chi connectivity index (χ1v) is 25.1. The van der Waals surface area contributed by atoms with Gasteiger partial charge in [-0.1, -0.05) is 237 Å². The van der Waals surface area contributed by atoms with E-state index in [1.165, 1.54) is 98.1 Å². The molecule has 0 aliphatic heterocycles. The van der Waals surface area contributed by atoms with Gasteiger partial charge < -0.3 is 4.90 Å². The summed E-state index contributed by atoms with van der Waals surface area (Å²) in [5, 5.41) is 2.62. The topological polar surface area (TPSA) is 3.24 Å². The molecule has 12 aromatic rings. The van der Waals surface area contributed by atoms with E-state index in [1.54, 1.807) is 0 Å². The third kappa shape index (κ3) is 5.78. The zero-order valence-electron chi connectivity index (χ0n) is 38.3. The van der Waals surface area contributed by atoms with Crippen LogP contribution in [0.4, 0.5) is 17.1 Å². The van der Waals surface area contributed by atoms with Gasteiger partial charge in [0.05, 0.1) is 16.5 Å². The molecule has 2 aliphatic rings. The van der Waals surface area contributed by atoms with E-state index in [0.717, 1.165) is 17.1 Å². The number of rotatable bonds is 8. The fourth-order valence-corrected chi connectivity index (χ4v) is 13.7. The average molecular weight is 908 g/mol. The normalized spacial score (nSPS) is 16.4. The second-order valence-corrected chi connectivity index (χ2v) is 19.7. The van der Waals surface area contributed by atoms with Gasteiger partial charge in [0.1, 0.15) is 0 Å². The van der Waals surface area contributed by atoms with Crippen LogP contribution in [-0.4, -0.2) is 0 Å². The maximum atomic E-state index is 2.50. The van der Waals surface area contributed by atoms with Crippen LogP contribution in [-0.2, 0) is 10.8 Å². The van der Waals surface area contributed by atoms with Gasteiger partial charge in [0, 0.05) is 31.5 Å². The van der Waals surface area contributed by atoms with Gasteiger partial charge in [-0.3, -0.25) is 0 Å². The zero-order valence-corrected chi connectivity index (χ0v) is 39.2. The number of anilines is 3. The fraction of sp³-hybridized carbons (Fsp3) is 0.0294. The highest BCUT2D eigenvalue weighted by molar-refractivity contribution is 7.26. The number of hydrogen-bond donors (Lipinski definition) is 0. The lowest BCUT2D eigenvalue weighted by atomic mass is 9.51. The first-order chi connectivity index (χ1) is 34.7. The molecule has 70 heavy (non-hydrogen) atoms. The minimum Gasteiger partial charge on any atom is -0.310 e. The van der Waals surface area contributed by atoms with E-state index in [-0.39, 0.29) is 0 Å². The molecule has 0 amide bonds. The van der Waals surface area contributed by atoms with Crippen molar-refractivity contribution in [1.82, 2.24) is 0 Å². The van der Waals surface area contributed by atoms with E-state index in [0.29, 0.717) is 0 Å². The third-order valence-electron chi connectivity index (χ3n) is 15.2. The minimum atomic E-state index is -0.737. The Morgan fingerprint density at radius 1 is 0.286 bits per heavy atom. The summed E-state index contributed by atoms with van der Waals surface area (Å²) in [5.74, 6) is 0. The summed E-state index contributed by atoms with van der Waals surface area (Å²) in [6.45, 7) is 0. The number of thiophene rings is 1. The molecule has 2 aliphatic carbocycles. The number of fused-ring (bicyclic) bond motifs is 8. The van der Waals surface area contributed by atoms with Gasteiger partial charge in [-0.05, 0) is 114 Å². The van der Waals surface area contributed by atoms with Gasteiger partial charge in [0.2, 0.25) is 0 Å². The summed E-state index contributed by atoms with van der Waals surface area (Å²) in [6.07, 6.45) is 0. The lowest BCUT2D eigenvalue weighted by Crippen LogP contribution is -2.44. The Morgan fingerprint density at radius 2 is 0.757 bits per heavy atom. The van der Waals surface area contributed by atoms with Gasteiger partial charge in [-0.15, -0.1) is 11.3 Å². The van der Waals surface area contributed by atoms with Gasteiger partial charge in [-0.2, -0.15) is 0 Å². The van der Waals surface area contributed by atoms with Gasteiger partial charge in [0.25, 0.3) is 0 Å². The molecular weight excluding hydrogens is 863 g/mol. The minimum absolute atomic E-state index is 0.534. The molecule has 1 heterocycles. The van der Waals surface area contributed by atoms with E-state index < -0.39 is 10.8 Å². The lowest BCUT2D eigenvalue weighted by molar-refractivity contribution is 0.627. The monoisotopic (exact) mass is 907 g/mol. The van der Waals surface area contributed by atoms with Crippen molar-refractivity contribution in [2.24, 2.45) is 0 Å². The van der Waals surface area contributed by atoms with Crippen LogP contribution in [0.2, 0.25) is 0 Å². The second kappa shape index (κ2) is 16.0. The summed E-state index contributed by atoms with van der Waals surface area (Å²) in [4.78, 5) is 2.50. The van der Waals surface area contributed by atoms with Gasteiger partial charge >= 0.3 is 0 Å². The smallest absolute Gasteiger partial charge is 0.0728 e. The van der Waals surface area contributed by atoms with Crippen molar-refractivity contribution in [3.8, 4) is 33.4 Å². The maximum absolute atomic E-state index is 2.50. The third-order valence-corrected chi connectivity index (χ3v) is 16.5. The molecular formula is C68H45NS. The largest absolute Gasteiger partial charge is 0.310 e. The van der Waals surface area contributed by atoms with Crippen LogP contribution in [0.1, 0.15) is 44.5 Å². The Labute approximate surface area is 412 Å². The molecule has 11 aromatic carbocycles. The summed E-state index contributed by atoms with van der Waals surface area (Å²) in [5.41, 5.74) is 19.8. The molecule has 1 aromatic heterocycles. The molecule has 0 radical (unpaired) electrons. The van der Waals surface area contributed by atoms with E-state index in [2.05, 4.69) is 278 Å². The zero-order chi connectivity index (χ0) is 46.2. The molecule has 2 atom stereocenters. The van der Waals surface area contributed by atoms with Crippen molar-refractivity contribution < 1.29 is 0 Å². The molecule has 0 N–H and O–H groups in total. The number of benzene rings is 11. The first-order valence-electron chi connectivity index (χ1n) is 24.3. The van der Waals surface area contributed by atoms with Crippen LogP contribution in [0.15, 0.2) is 273 Å². The van der Waals surface area contributed by atoms with Crippen molar-refractivity contribution in [3.63, 3.8) is 0 Å². The Morgan fingerprint density at radius 3 is 1.47 bits per heavy atom. The molecule has 0 fully saturated rings. The fourth-order valence-electron chi connectivity index (χ4n) is 12.4. The van der Waals surface area contributed by atoms with Gasteiger partial charge in [-0.25, -0.2) is 0 Å². The van der Waals surface area contributed by atoms with Crippen molar-refractivity contribution >= 4 is 48.6 Å². The number of hydrogen-bond acceptors (Lipinski definition) is 2. The highest BCUT2D eigenvalue weighted by atomic mass is 32.1. The standard InChI is InChI=1S/C68H45NS/c1-4-20-46(21-5-1)47-38-42-51(43-39-47)69(52-44-40-48(41-45-52)53-28-18-30-57-55-27-11-17-37-64(55)70-66(53)57)63-36-16-15-34-61(63)67(49-22-6-2-7-23-49)59-32-13-14-33-60(59)68(50-24-8-3-9-25-50)58-31-12-10-26-54(58)56-29-19-35-62(67)65(56)68/h1-45H. The predicted molar refractivity (Wildman–Crippen MR) is 294 cm³/mol. The van der Waals surface area contributed by atoms with E-state index in [1.807, 2.05) is 11.3 Å². The van der Waals surface area contributed by atoms with Gasteiger partial charge in [0.15, 0.2) is 0 Å². The molecule has 1 nitrogen and oxygen atoms in total. The summed E-state index contributed by atoms with van der Waals surface area (Å²) >= 11 is 1.88. The maximum Gasteiger partial charge on any atom is 0.0728 e. The van der Waals surface area contributed by atoms with Crippen molar-refractivity contribution in [3.05, 3.63) is 317 Å². The van der Waals surface area contributed by atoms with Crippen molar-refractivity contribution in [1.29, 1.82) is 0 Å². The highest BCUT2D eigenvalue weighted by Crippen LogP contribution is 2.66. The molecule has 0 spiro atoms. The van der Waals surface area contributed by atoms with E-state index >= 15 is 0 Å². The molecule has 2 unspecified atom stereocenters. The first kappa shape index (κ1) is 40.5. The van der Waals surface area contributed by atoms with Crippen LogP contribution in [0.3, 0.4) is 0 Å².